The molecule has 0 aliphatic rings. The van der Waals surface area contributed by atoms with Crippen LogP contribution in [0.15, 0.2) is 91.3 Å². The van der Waals surface area contributed by atoms with Crippen LogP contribution in [0.3, 0.4) is 0 Å². The van der Waals surface area contributed by atoms with Gasteiger partial charge in [0.05, 0.1) is 5.54 Å². The summed E-state index contributed by atoms with van der Waals surface area (Å²) in [6.45, 7) is 4.17. The average molecular weight is 642 g/mol. The van der Waals surface area contributed by atoms with Crippen molar-refractivity contribution < 1.29 is 26.3 Å². The van der Waals surface area contributed by atoms with Crippen molar-refractivity contribution in [3.8, 4) is 11.6 Å². The molecule has 13 heteroatoms. The lowest BCUT2D eigenvalue weighted by Gasteiger charge is -2.45. The minimum atomic E-state index is -4.62. The smallest absolute Gasteiger partial charge is 0.300 e. The molecule has 0 unspecified atom stereocenters. The molecule has 0 fully saturated rings. The number of hydrogen-bond donors (Lipinski definition) is 0. The molecule has 0 bridgehead atoms. The third kappa shape index (κ3) is 6.92. The number of anilines is 2. The molecule has 0 atom stereocenters. The Hall–Kier alpha value is -4.68. The minimum Gasteiger partial charge on any atom is -0.300 e. The molecule has 4 aromatic heterocycles. The SMILES string of the molecule is CCCCC(CCCC)(c1ccccc1)N(c1cccc(-n2ccc(C(F)(F)F)n2)n1)c1cccc(-n2ccc(C(F)(F)F)n2)n1. The highest BCUT2D eigenvalue weighted by Crippen LogP contribution is 2.45. The quantitative estimate of drug-likeness (QED) is 0.127. The van der Waals surface area contributed by atoms with Gasteiger partial charge in [0.25, 0.3) is 0 Å². The summed E-state index contributed by atoms with van der Waals surface area (Å²) in [4.78, 5) is 11.6. The van der Waals surface area contributed by atoms with Crippen molar-refractivity contribution in [1.29, 1.82) is 0 Å². The van der Waals surface area contributed by atoms with E-state index in [9.17, 15) is 26.3 Å². The standard InChI is InChI=1S/C33H33F6N7/c1-3-5-20-31(21-6-4-2,24-12-8-7-9-13-24)46(29-16-10-14-27(40-29)44-22-18-25(42-44)32(34,35)36)30-17-11-15-28(41-30)45-23-19-26(43-45)33(37,38)39/h7-19,22-23H,3-6,20-21H2,1-2H3. The predicted octanol–water partition coefficient (Wildman–Crippen LogP) is 9.30. The fraction of sp³-hybridized carbons (Fsp3) is 0.333. The Labute approximate surface area is 262 Å². The van der Waals surface area contributed by atoms with Gasteiger partial charge in [0.2, 0.25) is 0 Å². The number of alkyl halides is 6. The Bertz CT molecular complexity index is 1620. The Kier molecular flexibility index (Phi) is 9.50. The van der Waals surface area contributed by atoms with Gasteiger partial charge in [-0.3, -0.25) is 0 Å². The summed E-state index contributed by atoms with van der Waals surface area (Å²) in [6, 6.07) is 21.6. The van der Waals surface area contributed by atoms with Crippen LogP contribution >= 0.6 is 0 Å². The van der Waals surface area contributed by atoms with Crippen LogP contribution < -0.4 is 4.90 Å². The van der Waals surface area contributed by atoms with E-state index in [4.69, 9.17) is 9.97 Å². The number of hydrogen-bond acceptors (Lipinski definition) is 5. The lowest BCUT2D eigenvalue weighted by molar-refractivity contribution is -0.142. The Morgan fingerprint density at radius 3 is 1.43 bits per heavy atom. The van der Waals surface area contributed by atoms with Gasteiger partial charge in [-0.2, -0.15) is 36.5 Å². The van der Waals surface area contributed by atoms with Gasteiger partial charge in [0.1, 0.15) is 11.6 Å². The molecule has 5 rings (SSSR count). The van der Waals surface area contributed by atoms with Crippen LogP contribution in [0.4, 0.5) is 38.0 Å². The zero-order valence-corrected chi connectivity index (χ0v) is 25.3. The number of pyridine rings is 2. The Morgan fingerprint density at radius 2 is 1.04 bits per heavy atom. The van der Waals surface area contributed by atoms with Gasteiger partial charge in [0.15, 0.2) is 23.0 Å². The highest BCUT2D eigenvalue weighted by molar-refractivity contribution is 5.63. The van der Waals surface area contributed by atoms with Crippen molar-refractivity contribution in [2.45, 2.75) is 70.3 Å². The van der Waals surface area contributed by atoms with Crippen LogP contribution in [0, 0.1) is 0 Å². The number of halogens is 6. The molecule has 7 nitrogen and oxygen atoms in total. The summed E-state index contributed by atoms with van der Waals surface area (Å²) in [6.07, 6.45) is -2.07. The highest BCUT2D eigenvalue weighted by Gasteiger charge is 2.41. The van der Waals surface area contributed by atoms with Gasteiger partial charge in [0, 0.05) is 12.4 Å². The molecule has 0 saturated heterocycles. The summed E-state index contributed by atoms with van der Waals surface area (Å²) in [5.74, 6) is 1.09. The molecule has 0 spiro atoms. The van der Waals surface area contributed by atoms with E-state index in [2.05, 4.69) is 24.0 Å². The lowest BCUT2D eigenvalue weighted by Crippen LogP contribution is -2.45. The van der Waals surface area contributed by atoms with Gasteiger partial charge >= 0.3 is 12.4 Å². The largest absolute Gasteiger partial charge is 0.435 e. The summed E-state index contributed by atoms with van der Waals surface area (Å²) in [7, 11) is 0. The first-order valence-electron chi connectivity index (χ1n) is 15.0. The zero-order valence-electron chi connectivity index (χ0n) is 25.3. The van der Waals surface area contributed by atoms with Gasteiger partial charge in [-0.1, -0.05) is 82.0 Å². The van der Waals surface area contributed by atoms with Crippen LogP contribution in [-0.2, 0) is 17.9 Å². The second-order valence-electron chi connectivity index (χ2n) is 10.9. The number of rotatable bonds is 12. The third-order valence-corrected chi connectivity index (χ3v) is 7.75. The van der Waals surface area contributed by atoms with E-state index in [1.807, 2.05) is 35.2 Å². The van der Waals surface area contributed by atoms with Crippen molar-refractivity contribution >= 4 is 11.6 Å². The summed E-state index contributed by atoms with van der Waals surface area (Å²) < 4.78 is 82.5. The molecule has 242 valence electrons. The van der Waals surface area contributed by atoms with Crippen LogP contribution in [0.2, 0.25) is 0 Å². The van der Waals surface area contributed by atoms with E-state index in [0.717, 1.165) is 52.7 Å². The molecular formula is C33H33F6N7. The summed E-state index contributed by atoms with van der Waals surface area (Å²) in [5.41, 5.74) is -1.85. The third-order valence-electron chi connectivity index (χ3n) is 7.75. The van der Waals surface area contributed by atoms with Crippen LogP contribution in [0.1, 0.15) is 69.3 Å². The molecule has 0 aliphatic carbocycles. The van der Waals surface area contributed by atoms with Gasteiger partial charge in [-0.25, -0.2) is 19.3 Å². The first-order chi connectivity index (χ1) is 22.0. The average Bonchev–Trinajstić information content (AvgIpc) is 3.75. The molecule has 0 saturated carbocycles. The summed E-state index contributed by atoms with van der Waals surface area (Å²) >= 11 is 0. The van der Waals surface area contributed by atoms with E-state index in [-0.39, 0.29) is 11.6 Å². The highest BCUT2D eigenvalue weighted by atomic mass is 19.4. The maximum atomic E-state index is 13.4. The van der Waals surface area contributed by atoms with Gasteiger partial charge < -0.3 is 4.90 Å². The first-order valence-corrected chi connectivity index (χ1v) is 15.0. The maximum Gasteiger partial charge on any atom is 0.435 e. The number of nitrogens with zero attached hydrogens (tertiary/aromatic N) is 7. The zero-order chi connectivity index (χ0) is 33.0. The van der Waals surface area contributed by atoms with Crippen LogP contribution in [-0.4, -0.2) is 29.5 Å². The van der Waals surface area contributed by atoms with Crippen molar-refractivity contribution in [3.05, 3.63) is 108 Å². The fourth-order valence-corrected chi connectivity index (χ4v) is 5.54. The van der Waals surface area contributed by atoms with Crippen LogP contribution in [0.5, 0.6) is 0 Å². The van der Waals surface area contributed by atoms with E-state index < -0.39 is 29.3 Å². The second kappa shape index (κ2) is 13.4. The molecule has 5 aromatic rings. The molecule has 4 heterocycles. The molecule has 46 heavy (non-hydrogen) atoms. The predicted molar refractivity (Wildman–Crippen MR) is 162 cm³/mol. The Morgan fingerprint density at radius 1 is 0.587 bits per heavy atom. The van der Waals surface area contributed by atoms with Crippen molar-refractivity contribution in [1.82, 2.24) is 29.5 Å². The van der Waals surface area contributed by atoms with Gasteiger partial charge in [-0.05, 0) is 54.8 Å². The van der Waals surface area contributed by atoms with E-state index in [0.29, 0.717) is 24.5 Å². The number of aromatic nitrogens is 6. The van der Waals surface area contributed by atoms with E-state index in [1.165, 1.54) is 12.4 Å². The van der Waals surface area contributed by atoms with Crippen molar-refractivity contribution in [2.75, 3.05) is 4.90 Å². The summed E-state index contributed by atoms with van der Waals surface area (Å²) in [5, 5.41) is 7.42. The molecule has 0 amide bonds. The van der Waals surface area contributed by atoms with E-state index >= 15 is 0 Å². The lowest BCUT2D eigenvalue weighted by atomic mass is 9.78. The van der Waals surface area contributed by atoms with E-state index in [1.54, 1.807) is 36.4 Å². The number of benzene rings is 1. The van der Waals surface area contributed by atoms with Crippen LogP contribution in [0.25, 0.3) is 11.6 Å². The molecule has 0 N–H and O–H groups in total. The molecule has 0 radical (unpaired) electrons. The minimum absolute atomic E-state index is 0.156. The molecule has 0 aliphatic heterocycles. The monoisotopic (exact) mass is 641 g/mol. The second-order valence-corrected chi connectivity index (χ2v) is 10.9. The Balaban J connectivity index is 1.73. The molecular weight excluding hydrogens is 608 g/mol. The fourth-order valence-electron chi connectivity index (χ4n) is 5.54. The maximum absolute atomic E-state index is 13.4. The van der Waals surface area contributed by atoms with Crippen molar-refractivity contribution in [2.24, 2.45) is 0 Å². The topological polar surface area (TPSA) is 64.7 Å². The number of unbranched alkanes of at least 4 members (excludes halogenated alkanes) is 2. The first kappa shape index (κ1) is 32.7. The van der Waals surface area contributed by atoms with Crippen molar-refractivity contribution in [3.63, 3.8) is 0 Å². The molecule has 1 aromatic carbocycles. The van der Waals surface area contributed by atoms with Gasteiger partial charge in [-0.15, -0.1) is 0 Å². The normalized spacial score (nSPS) is 12.4.